The Balaban J connectivity index is 1.44. The highest BCUT2D eigenvalue weighted by Gasteiger charge is 2.32. The summed E-state index contributed by atoms with van der Waals surface area (Å²) in [6.07, 6.45) is 3.79. The topological polar surface area (TPSA) is 96.6 Å². The van der Waals surface area contributed by atoms with Crippen molar-refractivity contribution < 1.29 is 17.7 Å². The standard InChI is InChI=1S/C20H22N4O4S2/c1-14-20(15(2)28-22-14)30(26,27)24-11-5-10-23(12-13-24)19(25)9-8-18-21-16-6-3-4-7-17(16)29-18/h3-4,6-9H,5,10-13H2,1-2H3/b9-8+. The van der Waals surface area contributed by atoms with Gasteiger partial charge in [-0.2, -0.15) is 4.31 Å². The van der Waals surface area contributed by atoms with Gasteiger partial charge < -0.3 is 9.42 Å². The number of benzene rings is 1. The molecule has 1 aliphatic rings. The first-order valence-corrected chi connectivity index (χ1v) is 11.9. The molecule has 1 aromatic carbocycles. The Hall–Kier alpha value is -2.56. The van der Waals surface area contributed by atoms with E-state index in [0.29, 0.717) is 31.7 Å². The Kier molecular flexibility index (Phi) is 5.72. The molecule has 3 aromatic rings. The van der Waals surface area contributed by atoms with Gasteiger partial charge in [0.15, 0.2) is 5.76 Å². The lowest BCUT2D eigenvalue weighted by Gasteiger charge is -2.21. The summed E-state index contributed by atoms with van der Waals surface area (Å²) in [6.45, 7) is 4.60. The summed E-state index contributed by atoms with van der Waals surface area (Å²) in [7, 11) is -3.71. The van der Waals surface area contributed by atoms with Crippen LogP contribution in [0, 0.1) is 13.8 Å². The molecular formula is C20H22N4O4S2. The number of hydrogen-bond donors (Lipinski definition) is 0. The van der Waals surface area contributed by atoms with Crippen molar-refractivity contribution in [3.8, 4) is 0 Å². The van der Waals surface area contributed by atoms with Crippen LogP contribution >= 0.6 is 11.3 Å². The Bertz CT molecular complexity index is 1160. The summed E-state index contributed by atoms with van der Waals surface area (Å²) in [5.41, 5.74) is 1.26. The van der Waals surface area contributed by atoms with Gasteiger partial charge in [0.2, 0.25) is 15.9 Å². The lowest BCUT2D eigenvalue weighted by atomic mass is 10.3. The van der Waals surface area contributed by atoms with Crippen LogP contribution in [0.5, 0.6) is 0 Å². The van der Waals surface area contributed by atoms with Crippen molar-refractivity contribution in [2.75, 3.05) is 26.2 Å². The minimum absolute atomic E-state index is 0.123. The van der Waals surface area contributed by atoms with E-state index in [4.69, 9.17) is 4.52 Å². The zero-order valence-electron chi connectivity index (χ0n) is 16.7. The number of para-hydroxylation sites is 1. The lowest BCUT2D eigenvalue weighted by molar-refractivity contribution is -0.125. The average molecular weight is 447 g/mol. The van der Waals surface area contributed by atoms with Crippen LogP contribution in [0.15, 0.2) is 39.8 Å². The minimum atomic E-state index is -3.71. The smallest absolute Gasteiger partial charge is 0.248 e. The quantitative estimate of drug-likeness (QED) is 0.572. The number of aryl methyl sites for hydroxylation is 2. The second-order valence-electron chi connectivity index (χ2n) is 7.09. The van der Waals surface area contributed by atoms with Crippen LogP contribution < -0.4 is 0 Å². The van der Waals surface area contributed by atoms with Gasteiger partial charge in [-0.3, -0.25) is 4.79 Å². The van der Waals surface area contributed by atoms with E-state index in [-0.39, 0.29) is 23.1 Å². The highest BCUT2D eigenvalue weighted by molar-refractivity contribution is 7.89. The number of aromatic nitrogens is 2. The molecule has 8 nitrogen and oxygen atoms in total. The second-order valence-corrected chi connectivity index (χ2v) is 10.0. The number of carbonyl (C=O) groups is 1. The van der Waals surface area contributed by atoms with Crippen molar-refractivity contribution in [1.29, 1.82) is 0 Å². The molecule has 0 aliphatic carbocycles. The zero-order valence-corrected chi connectivity index (χ0v) is 18.4. The molecule has 1 aliphatic heterocycles. The summed E-state index contributed by atoms with van der Waals surface area (Å²) < 4.78 is 33.5. The molecule has 0 unspecified atom stereocenters. The van der Waals surface area contributed by atoms with Crippen molar-refractivity contribution in [1.82, 2.24) is 19.3 Å². The fourth-order valence-corrected chi connectivity index (χ4v) is 6.17. The molecule has 1 fully saturated rings. The number of carbonyl (C=O) groups excluding carboxylic acids is 1. The largest absolute Gasteiger partial charge is 0.360 e. The van der Waals surface area contributed by atoms with Gasteiger partial charge in [-0.25, -0.2) is 13.4 Å². The Morgan fingerprint density at radius 3 is 2.70 bits per heavy atom. The predicted molar refractivity (Wildman–Crippen MR) is 115 cm³/mol. The molecule has 10 heteroatoms. The summed E-state index contributed by atoms with van der Waals surface area (Å²) in [5.74, 6) is 0.134. The highest BCUT2D eigenvalue weighted by atomic mass is 32.2. The lowest BCUT2D eigenvalue weighted by Crippen LogP contribution is -2.37. The van der Waals surface area contributed by atoms with Crippen molar-refractivity contribution >= 4 is 43.6 Å². The first-order valence-electron chi connectivity index (χ1n) is 9.62. The summed E-state index contributed by atoms with van der Waals surface area (Å²) >= 11 is 1.52. The van der Waals surface area contributed by atoms with E-state index < -0.39 is 10.0 Å². The van der Waals surface area contributed by atoms with E-state index in [0.717, 1.165) is 15.2 Å². The van der Waals surface area contributed by atoms with Crippen molar-refractivity contribution in [3.63, 3.8) is 0 Å². The molecule has 4 rings (SSSR count). The maximum absolute atomic E-state index is 13.0. The Morgan fingerprint density at radius 2 is 1.97 bits per heavy atom. The van der Waals surface area contributed by atoms with E-state index in [9.17, 15) is 13.2 Å². The van der Waals surface area contributed by atoms with Crippen LogP contribution in [0.25, 0.3) is 16.3 Å². The third-order valence-corrected chi connectivity index (χ3v) is 8.16. The van der Waals surface area contributed by atoms with Gasteiger partial charge >= 0.3 is 0 Å². The highest BCUT2D eigenvalue weighted by Crippen LogP contribution is 2.25. The third kappa shape index (κ3) is 4.03. The molecule has 158 valence electrons. The molecule has 0 spiro atoms. The Labute approximate surface area is 178 Å². The molecule has 0 N–H and O–H groups in total. The molecule has 0 radical (unpaired) electrons. The first kappa shape index (κ1) is 20.7. The molecule has 2 aromatic heterocycles. The van der Waals surface area contributed by atoms with Crippen LogP contribution in [0.3, 0.4) is 0 Å². The summed E-state index contributed by atoms with van der Waals surface area (Å²) in [4.78, 5) is 18.9. The van der Waals surface area contributed by atoms with Gasteiger partial charge in [0.05, 0.1) is 10.2 Å². The number of nitrogens with zero attached hydrogens (tertiary/aromatic N) is 4. The molecule has 1 saturated heterocycles. The molecular weight excluding hydrogens is 424 g/mol. The van der Waals surface area contributed by atoms with Gasteiger partial charge in [-0.05, 0) is 38.5 Å². The first-order chi connectivity index (χ1) is 14.4. The van der Waals surface area contributed by atoms with Crippen LogP contribution in [0.1, 0.15) is 22.9 Å². The van der Waals surface area contributed by atoms with Crippen LogP contribution in [-0.4, -0.2) is 59.8 Å². The summed E-state index contributed by atoms with van der Waals surface area (Å²) in [5, 5.41) is 4.52. The zero-order chi connectivity index (χ0) is 21.3. The van der Waals surface area contributed by atoms with Gasteiger partial charge in [0.25, 0.3) is 0 Å². The minimum Gasteiger partial charge on any atom is -0.360 e. The van der Waals surface area contributed by atoms with Crippen molar-refractivity contribution in [2.45, 2.75) is 25.2 Å². The Morgan fingerprint density at radius 1 is 1.17 bits per heavy atom. The molecule has 0 bridgehead atoms. The second kappa shape index (κ2) is 8.29. The SMILES string of the molecule is Cc1noc(C)c1S(=O)(=O)N1CCCN(C(=O)/C=C/c2nc3ccccc3s2)CC1. The van der Waals surface area contributed by atoms with E-state index >= 15 is 0 Å². The molecule has 0 saturated carbocycles. The van der Waals surface area contributed by atoms with Gasteiger partial charge in [0, 0.05) is 32.3 Å². The molecule has 3 heterocycles. The molecule has 0 atom stereocenters. The average Bonchev–Trinajstić information content (AvgIpc) is 3.18. The van der Waals surface area contributed by atoms with Crippen LogP contribution in [0.4, 0.5) is 0 Å². The number of sulfonamides is 1. The van der Waals surface area contributed by atoms with E-state index in [1.807, 2.05) is 24.3 Å². The predicted octanol–water partition coefficient (Wildman–Crippen LogP) is 2.84. The van der Waals surface area contributed by atoms with E-state index in [1.165, 1.54) is 21.7 Å². The van der Waals surface area contributed by atoms with Crippen LogP contribution in [0.2, 0.25) is 0 Å². The van der Waals surface area contributed by atoms with Gasteiger partial charge in [0.1, 0.15) is 15.6 Å². The van der Waals surface area contributed by atoms with Crippen molar-refractivity contribution in [3.05, 3.63) is 46.8 Å². The number of thiazole rings is 1. The normalized spacial score (nSPS) is 16.4. The molecule has 1 amide bonds. The molecule has 30 heavy (non-hydrogen) atoms. The summed E-state index contributed by atoms with van der Waals surface area (Å²) in [6, 6.07) is 7.82. The number of hydrogen-bond acceptors (Lipinski definition) is 7. The fraction of sp³-hybridized carbons (Fsp3) is 0.350. The van der Waals surface area contributed by atoms with Gasteiger partial charge in [-0.1, -0.05) is 17.3 Å². The third-order valence-electron chi connectivity index (χ3n) is 5.01. The van der Waals surface area contributed by atoms with Crippen LogP contribution in [-0.2, 0) is 14.8 Å². The van der Waals surface area contributed by atoms with Crippen molar-refractivity contribution in [2.24, 2.45) is 0 Å². The maximum Gasteiger partial charge on any atom is 0.248 e. The number of rotatable bonds is 4. The monoisotopic (exact) mass is 446 g/mol. The van der Waals surface area contributed by atoms with Gasteiger partial charge in [-0.15, -0.1) is 11.3 Å². The maximum atomic E-state index is 13.0. The van der Waals surface area contributed by atoms with E-state index in [2.05, 4.69) is 10.1 Å². The fourth-order valence-electron chi connectivity index (χ4n) is 3.54. The van der Waals surface area contributed by atoms with E-state index in [1.54, 1.807) is 24.8 Å². The number of fused-ring (bicyclic) bond motifs is 1. The number of amides is 1.